The number of carbonyl (C=O) groups excluding carboxylic acids is 2. The van der Waals surface area contributed by atoms with Crippen molar-refractivity contribution in [2.75, 3.05) is 26.4 Å². The van der Waals surface area contributed by atoms with Crippen LogP contribution in [0.1, 0.15) is 98.0 Å². The lowest BCUT2D eigenvalue weighted by Crippen LogP contribution is -2.41. The Bertz CT molecular complexity index is 4820. The number of pyridine rings is 3. The topological polar surface area (TPSA) is 276 Å². The minimum absolute atomic E-state index is 0. The fourth-order valence-electron chi connectivity index (χ4n) is 10.0. The molecule has 0 saturated heterocycles. The van der Waals surface area contributed by atoms with E-state index >= 15 is 4.39 Å². The number of aromatic amines is 1. The standard InChI is InChI=1S/C29H36FN5O3Si.C21H18FN5O3.C21H18FN5O2.2CH4/c1-8-37-28(36)25-17-26(35(33-25)27-11-9-10-20(2)32-27)21-12-13-24(30)23(16-21)22-18-31-34(19-22)14-15-38-39(6,7)29(3,4)5;1-13-3-2-4-20(24-13)27-19(10-18(25-27)21(29)30)14-5-6-17(22)16(9-14)15-11-23-26(12-15)7-8-28;1-3-29-21(28)18-10-19(27(26-18)20-6-4-5-13(2)25-20)14-7-8-17(22)16(9-14)15-11-23-24-12-15;;/h9-13,16-19H,8,14-15H2,1-7H3;2-6,9-12,28H,7-8H2,1H3,(H,29,30);4-12H,3H2,1-2H3,(H,23,24);2*1H4. The van der Waals surface area contributed by atoms with Crippen LogP contribution in [0.15, 0.2) is 165 Å². The number of ether oxygens (including phenoxy) is 2. The molecule has 0 aliphatic heterocycles. The smallest absolute Gasteiger partial charge is 0.358 e. The Kier molecular flexibility index (Phi) is 24.1. The largest absolute Gasteiger partial charge is 0.476 e. The first-order chi connectivity index (χ1) is 46.9. The van der Waals surface area contributed by atoms with Crippen LogP contribution in [0.25, 0.3) is 84.6 Å². The Labute approximate surface area is 578 Å². The normalized spacial score (nSPS) is 11.2. The van der Waals surface area contributed by atoms with Gasteiger partial charge in [-0.15, -0.1) is 0 Å². The molecule has 0 radical (unpaired) electrons. The number of aromatic carboxylic acids is 1. The van der Waals surface area contributed by atoms with Crippen molar-refractivity contribution in [2.45, 2.75) is 101 Å². The minimum atomic E-state index is -1.87. The van der Waals surface area contributed by atoms with Crippen LogP contribution in [0, 0.1) is 38.2 Å². The molecule has 9 aromatic heterocycles. The van der Waals surface area contributed by atoms with Gasteiger partial charge in [-0.2, -0.15) is 30.6 Å². The van der Waals surface area contributed by atoms with E-state index in [1.807, 2.05) is 57.3 Å². The predicted molar refractivity (Wildman–Crippen MR) is 377 cm³/mol. The van der Waals surface area contributed by atoms with Gasteiger partial charge in [-0.25, -0.2) is 56.6 Å². The van der Waals surface area contributed by atoms with Crippen molar-refractivity contribution in [3.8, 4) is 84.6 Å². The molecular formula is C73H80F3N15O8Si. The van der Waals surface area contributed by atoms with E-state index in [0.717, 1.165) is 17.1 Å². The number of esters is 2. The van der Waals surface area contributed by atoms with Gasteiger partial charge in [0.05, 0.1) is 75.2 Å². The second-order valence-electron chi connectivity index (χ2n) is 24.0. The Hall–Kier alpha value is -11.3. The van der Waals surface area contributed by atoms with E-state index in [0.29, 0.717) is 104 Å². The lowest BCUT2D eigenvalue weighted by Gasteiger charge is -2.36. The summed E-state index contributed by atoms with van der Waals surface area (Å²) in [6, 6.07) is 35.1. The molecule has 23 nitrogen and oxygen atoms in total. The molecule has 12 aromatic rings. The van der Waals surface area contributed by atoms with Gasteiger partial charge in [0.2, 0.25) is 0 Å². The molecule has 0 spiro atoms. The summed E-state index contributed by atoms with van der Waals surface area (Å²) >= 11 is 0. The van der Waals surface area contributed by atoms with Crippen molar-refractivity contribution >= 4 is 26.2 Å². The van der Waals surface area contributed by atoms with Crippen LogP contribution < -0.4 is 0 Å². The highest BCUT2D eigenvalue weighted by atomic mass is 28.4. The minimum Gasteiger partial charge on any atom is -0.476 e. The second kappa shape index (κ2) is 32.4. The highest BCUT2D eigenvalue weighted by Crippen LogP contribution is 2.38. The van der Waals surface area contributed by atoms with Crippen molar-refractivity contribution in [2.24, 2.45) is 0 Å². The van der Waals surface area contributed by atoms with Crippen molar-refractivity contribution < 1.29 is 51.7 Å². The van der Waals surface area contributed by atoms with Gasteiger partial charge in [0.25, 0.3) is 0 Å². The maximum Gasteiger partial charge on any atom is 0.358 e. The van der Waals surface area contributed by atoms with E-state index in [1.165, 1.54) is 39.8 Å². The summed E-state index contributed by atoms with van der Waals surface area (Å²) < 4.78 is 68.4. The van der Waals surface area contributed by atoms with E-state index in [-0.39, 0.29) is 68.4 Å². The fraction of sp³-hybridized carbons (Fsp3) is 0.260. The van der Waals surface area contributed by atoms with Crippen LogP contribution in [0.5, 0.6) is 0 Å². The molecule has 0 aliphatic rings. The number of aliphatic hydroxyl groups is 1. The van der Waals surface area contributed by atoms with Gasteiger partial charge in [-0.3, -0.25) is 14.5 Å². The summed E-state index contributed by atoms with van der Waals surface area (Å²) in [5.41, 5.74) is 8.98. The lowest BCUT2D eigenvalue weighted by atomic mass is 10.0. The van der Waals surface area contributed by atoms with Crippen molar-refractivity contribution in [3.63, 3.8) is 0 Å². The quantitative estimate of drug-likeness (QED) is 0.0472. The predicted octanol–water partition coefficient (Wildman–Crippen LogP) is 14.6. The maximum absolute atomic E-state index is 15.1. The number of H-pyrrole nitrogens is 1. The van der Waals surface area contributed by atoms with Gasteiger partial charge < -0.3 is 24.1 Å². The molecule has 0 bridgehead atoms. The molecule has 0 aliphatic carbocycles. The summed E-state index contributed by atoms with van der Waals surface area (Å²) in [5, 5.41) is 46.8. The fourth-order valence-corrected chi connectivity index (χ4v) is 11.1. The zero-order chi connectivity index (χ0) is 70.0. The highest BCUT2D eigenvalue weighted by Gasteiger charge is 2.37. The number of aliphatic hydroxyl groups excluding tert-OH is 1. The van der Waals surface area contributed by atoms with E-state index in [1.54, 1.807) is 125 Å². The van der Waals surface area contributed by atoms with Crippen molar-refractivity contribution in [1.29, 1.82) is 0 Å². The van der Waals surface area contributed by atoms with Gasteiger partial charge in [-0.1, -0.05) is 53.8 Å². The number of carboxylic acids is 1. The Balaban J connectivity index is 0.000000191. The van der Waals surface area contributed by atoms with Crippen LogP contribution in [0.4, 0.5) is 13.2 Å². The van der Waals surface area contributed by atoms with Crippen LogP contribution in [0.2, 0.25) is 18.1 Å². The first kappa shape index (κ1) is 74.5. The molecule has 3 N–H and O–H groups in total. The number of carbonyl (C=O) groups is 3. The Morgan fingerprint density at radius 1 is 0.530 bits per heavy atom. The number of rotatable bonds is 20. The van der Waals surface area contributed by atoms with Crippen LogP contribution in [-0.2, 0) is 27.0 Å². The molecule has 0 saturated carbocycles. The van der Waals surface area contributed by atoms with E-state index in [9.17, 15) is 28.3 Å². The number of halogens is 3. The molecule has 520 valence electrons. The molecule has 27 heteroatoms. The van der Waals surface area contributed by atoms with Gasteiger partial charge >= 0.3 is 17.9 Å². The third kappa shape index (κ3) is 17.3. The summed E-state index contributed by atoms with van der Waals surface area (Å²) in [7, 11) is -1.87. The maximum atomic E-state index is 15.1. The van der Waals surface area contributed by atoms with Gasteiger partial charge in [0, 0.05) is 85.7 Å². The third-order valence-electron chi connectivity index (χ3n) is 16.0. The van der Waals surface area contributed by atoms with Gasteiger partial charge in [0.1, 0.15) is 17.5 Å². The number of aromatic nitrogens is 15. The number of hydrogen-bond acceptors (Lipinski definition) is 16. The SMILES string of the molecule is C.C.CCOC(=O)c1cc(-c2ccc(F)c(-c3cn[nH]c3)c2)n(-c2cccc(C)n2)n1.CCOC(=O)c1cc(-c2ccc(F)c(-c3cnn(CCO[Si](C)(C)C(C)(C)C)c3)c2)n(-c2cccc(C)n2)n1.Cc1cccc(-n2nc(C(=O)O)cc2-c2ccc(F)c(-c3cnn(CCO)c3)c2)n1. The van der Waals surface area contributed by atoms with E-state index < -0.39 is 32.0 Å². The van der Waals surface area contributed by atoms with Crippen molar-refractivity contribution in [1.82, 2.24) is 74.1 Å². The van der Waals surface area contributed by atoms with E-state index in [4.69, 9.17) is 19.0 Å². The molecule has 100 heavy (non-hydrogen) atoms. The van der Waals surface area contributed by atoms with Crippen LogP contribution >= 0.6 is 0 Å². The summed E-state index contributed by atoms with van der Waals surface area (Å²) in [6.45, 7) is 21.9. The summed E-state index contributed by atoms with van der Waals surface area (Å²) in [5.74, 6) is -1.88. The van der Waals surface area contributed by atoms with E-state index in [2.05, 4.69) is 84.5 Å². The number of nitrogens with zero attached hydrogens (tertiary/aromatic N) is 14. The lowest BCUT2D eigenvalue weighted by molar-refractivity contribution is 0.0509. The van der Waals surface area contributed by atoms with Gasteiger partial charge in [-0.05, 0) is 162 Å². The first-order valence-corrected chi connectivity index (χ1v) is 34.2. The number of carboxylic acid groups (broad SMARTS) is 1. The van der Waals surface area contributed by atoms with Crippen LogP contribution in [-0.4, -0.2) is 137 Å². The molecule has 0 atom stereocenters. The average molecular weight is 1380 g/mol. The van der Waals surface area contributed by atoms with Gasteiger partial charge in [0.15, 0.2) is 42.9 Å². The molecule has 0 amide bonds. The Morgan fingerprint density at radius 3 is 1.28 bits per heavy atom. The molecule has 0 fully saturated rings. The molecule has 3 aromatic carbocycles. The zero-order valence-electron chi connectivity index (χ0n) is 55.6. The zero-order valence-corrected chi connectivity index (χ0v) is 56.6. The molecule has 0 unspecified atom stereocenters. The summed E-state index contributed by atoms with van der Waals surface area (Å²) in [4.78, 5) is 49.7. The molecular weight excluding hydrogens is 1300 g/mol. The third-order valence-corrected chi connectivity index (χ3v) is 20.5. The van der Waals surface area contributed by atoms with Crippen molar-refractivity contribution in [3.05, 3.63) is 216 Å². The van der Waals surface area contributed by atoms with Crippen LogP contribution in [0.3, 0.4) is 0 Å². The average Bonchev–Trinajstić information content (AvgIpc) is 1.63. The second-order valence-corrected chi connectivity index (χ2v) is 28.8. The first-order valence-electron chi connectivity index (χ1n) is 31.3. The molecule has 9 heterocycles. The summed E-state index contributed by atoms with van der Waals surface area (Å²) in [6.07, 6.45) is 9.79. The number of hydrogen-bond donors (Lipinski definition) is 3. The number of nitrogens with one attached hydrogen (secondary N) is 1. The molecule has 12 rings (SSSR count). The number of aryl methyl sites for hydroxylation is 3. The highest BCUT2D eigenvalue weighted by molar-refractivity contribution is 6.74. The number of benzene rings is 3. The monoisotopic (exact) mass is 1380 g/mol. The Morgan fingerprint density at radius 2 is 0.920 bits per heavy atom.